The van der Waals surface area contributed by atoms with Gasteiger partial charge in [0.1, 0.15) is 11.8 Å². The molecule has 0 bridgehead atoms. The Morgan fingerprint density at radius 3 is 2.64 bits per heavy atom. The molecule has 2 atom stereocenters. The van der Waals surface area contributed by atoms with Gasteiger partial charge in [-0.25, -0.2) is 0 Å². The molecule has 1 aromatic rings. The lowest BCUT2D eigenvalue weighted by atomic mass is 10.0. The summed E-state index contributed by atoms with van der Waals surface area (Å²) in [7, 11) is 1.68. The lowest BCUT2D eigenvalue weighted by molar-refractivity contribution is -0.126. The van der Waals surface area contributed by atoms with Gasteiger partial charge < -0.3 is 15.0 Å². The largest absolute Gasteiger partial charge is 0.490 e. The summed E-state index contributed by atoms with van der Waals surface area (Å²) in [5.41, 5.74) is 0.483. The summed E-state index contributed by atoms with van der Waals surface area (Å²) in [5.74, 6) is 0.233. The van der Waals surface area contributed by atoms with Crippen molar-refractivity contribution in [2.45, 2.75) is 45.8 Å². The summed E-state index contributed by atoms with van der Waals surface area (Å²) in [6.45, 7) is 6.44. The SMILES string of the molecule is CC(C)[C@@H]1C(=O)NCC/C=C/C[C@@H](C)Oc2ccccc2C(=O)N1C. The fraction of sp³-hybridized carbons (Fsp3) is 0.500. The van der Waals surface area contributed by atoms with Gasteiger partial charge in [0.05, 0.1) is 11.7 Å². The Morgan fingerprint density at radius 1 is 1.20 bits per heavy atom. The van der Waals surface area contributed by atoms with Crippen molar-refractivity contribution >= 4 is 11.8 Å². The normalized spacial score (nSPS) is 24.1. The van der Waals surface area contributed by atoms with Crippen molar-refractivity contribution in [1.29, 1.82) is 0 Å². The van der Waals surface area contributed by atoms with Crippen molar-refractivity contribution in [3.05, 3.63) is 42.0 Å². The Balaban J connectivity index is 2.39. The van der Waals surface area contributed by atoms with Gasteiger partial charge in [-0.05, 0) is 31.4 Å². The molecule has 136 valence electrons. The van der Waals surface area contributed by atoms with Crippen LogP contribution in [0.5, 0.6) is 5.75 Å². The molecule has 1 aromatic carbocycles. The van der Waals surface area contributed by atoms with Gasteiger partial charge >= 0.3 is 0 Å². The first-order valence-electron chi connectivity index (χ1n) is 8.87. The quantitative estimate of drug-likeness (QED) is 0.797. The number of carbonyl (C=O) groups is 2. The highest BCUT2D eigenvalue weighted by molar-refractivity contribution is 5.99. The monoisotopic (exact) mass is 344 g/mol. The van der Waals surface area contributed by atoms with E-state index in [9.17, 15) is 9.59 Å². The van der Waals surface area contributed by atoms with Gasteiger partial charge in [0.15, 0.2) is 0 Å². The minimum atomic E-state index is -0.523. The van der Waals surface area contributed by atoms with Crippen LogP contribution in [0.2, 0.25) is 0 Å². The minimum absolute atomic E-state index is 0.00408. The number of nitrogens with zero attached hydrogens (tertiary/aromatic N) is 1. The summed E-state index contributed by atoms with van der Waals surface area (Å²) in [6, 6.07) is 6.69. The number of benzene rings is 1. The van der Waals surface area contributed by atoms with E-state index in [-0.39, 0.29) is 23.8 Å². The standard InChI is InChI=1S/C20H28N2O3/c1-14(2)18-19(23)21-13-9-5-6-10-15(3)25-17-12-8-7-11-16(17)20(24)22(18)4/h5-8,11-12,14-15,18H,9-10,13H2,1-4H3,(H,21,23)/b6-5+/t15-,18-/m1/s1. The van der Waals surface area contributed by atoms with Crippen LogP contribution in [-0.4, -0.2) is 42.5 Å². The molecule has 1 aliphatic rings. The predicted octanol–water partition coefficient (Wildman–Crippen LogP) is 3.02. The van der Waals surface area contributed by atoms with Crippen molar-refractivity contribution in [3.63, 3.8) is 0 Å². The van der Waals surface area contributed by atoms with E-state index in [1.54, 1.807) is 19.2 Å². The van der Waals surface area contributed by atoms with Gasteiger partial charge in [-0.3, -0.25) is 9.59 Å². The summed E-state index contributed by atoms with van der Waals surface area (Å²) < 4.78 is 5.98. The fourth-order valence-corrected chi connectivity index (χ4v) is 3.04. The number of likely N-dealkylation sites (N-methyl/N-ethyl adjacent to an activating group) is 1. The fourth-order valence-electron chi connectivity index (χ4n) is 3.04. The molecule has 5 heteroatoms. The van der Waals surface area contributed by atoms with Crippen molar-refractivity contribution < 1.29 is 14.3 Å². The van der Waals surface area contributed by atoms with Crippen LogP contribution in [0.3, 0.4) is 0 Å². The van der Waals surface area contributed by atoms with Crippen LogP contribution in [0.15, 0.2) is 36.4 Å². The van der Waals surface area contributed by atoms with Crippen LogP contribution < -0.4 is 10.1 Å². The smallest absolute Gasteiger partial charge is 0.258 e. The molecule has 0 saturated heterocycles. The number of hydrogen-bond acceptors (Lipinski definition) is 3. The van der Waals surface area contributed by atoms with Crippen molar-refractivity contribution in [2.24, 2.45) is 5.92 Å². The maximum absolute atomic E-state index is 13.0. The molecule has 0 unspecified atom stereocenters. The van der Waals surface area contributed by atoms with E-state index in [0.717, 1.165) is 12.8 Å². The van der Waals surface area contributed by atoms with E-state index in [1.165, 1.54) is 4.90 Å². The third-order valence-electron chi connectivity index (χ3n) is 4.33. The number of amides is 2. The summed E-state index contributed by atoms with van der Waals surface area (Å²) in [6.07, 6.45) is 5.59. The van der Waals surface area contributed by atoms with Gasteiger partial charge in [0.25, 0.3) is 5.91 Å². The first-order chi connectivity index (χ1) is 11.9. The van der Waals surface area contributed by atoms with E-state index in [1.807, 2.05) is 32.9 Å². The maximum Gasteiger partial charge on any atom is 0.258 e. The number of ether oxygens (including phenoxy) is 1. The summed E-state index contributed by atoms with van der Waals surface area (Å²) in [5, 5.41) is 2.94. The van der Waals surface area contributed by atoms with E-state index in [2.05, 4.69) is 17.5 Å². The van der Waals surface area contributed by atoms with E-state index < -0.39 is 6.04 Å². The molecular formula is C20H28N2O3. The molecule has 0 radical (unpaired) electrons. The summed E-state index contributed by atoms with van der Waals surface area (Å²) >= 11 is 0. The van der Waals surface area contributed by atoms with Crippen LogP contribution in [0.1, 0.15) is 44.0 Å². The Kier molecular flexibility index (Phi) is 6.62. The lowest BCUT2D eigenvalue weighted by Crippen LogP contribution is -2.50. The van der Waals surface area contributed by atoms with Crippen molar-refractivity contribution in [2.75, 3.05) is 13.6 Å². The minimum Gasteiger partial charge on any atom is -0.490 e. The molecular weight excluding hydrogens is 316 g/mol. The van der Waals surface area contributed by atoms with E-state index in [4.69, 9.17) is 4.74 Å². The van der Waals surface area contributed by atoms with Gasteiger partial charge in [-0.1, -0.05) is 38.1 Å². The highest BCUT2D eigenvalue weighted by Gasteiger charge is 2.31. The van der Waals surface area contributed by atoms with Gasteiger partial charge in [-0.15, -0.1) is 0 Å². The third kappa shape index (κ3) is 4.84. The molecule has 0 fully saturated rings. The maximum atomic E-state index is 13.0. The van der Waals surface area contributed by atoms with Crippen LogP contribution >= 0.6 is 0 Å². The lowest BCUT2D eigenvalue weighted by Gasteiger charge is -2.31. The molecule has 0 aromatic heterocycles. The average molecular weight is 344 g/mol. The number of carbonyl (C=O) groups excluding carboxylic acids is 2. The van der Waals surface area contributed by atoms with Crippen LogP contribution in [0, 0.1) is 5.92 Å². The van der Waals surface area contributed by atoms with E-state index in [0.29, 0.717) is 17.9 Å². The zero-order chi connectivity index (χ0) is 18.4. The zero-order valence-corrected chi connectivity index (χ0v) is 15.5. The highest BCUT2D eigenvalue weighted by atomic mass is 16.5. The molecule has 0 spiro atoms. The van der Waals surface area contributed by atoms with Gasteiger partial charge in [-0.2, -0.15) is 0 Å². The van der Waals surface area contributed by atoms with Gasteiger partial charge in [0, 0.05) is 20.0 Å². The third-order valence-corrected chi connectivity index (χ3v) is 4.33. The average Bonchev–Trinajstić information content (AvgIpc) is 2.56. The number of fused-ring (bicyclic) bond motifs is 1. The molecule has 2 amide bonds. The molecule has 0 aliphatic carbocycles. The van der Waals surface area contributed by atoms with Crippen LogP contribution in [0.25, 0.3) is 0 Å². The van der Waals surface area contributed by atoms with E-state index >= 15 is 0 Å². The Labute approximate surface area is 150 Å². The Morgan fingerprint density at radius 2 is 1.92 bits per heavy atom. The van der Waals surface area contributed by atoms with Gasteiger partial charge in [0.2, 0.25) is 5.91 Å². The molecule has 25 heavy (non-hydrogen) atoms. The number of rotatable bonds is 1. The zero-order valence-electron chi connectivity index (χ0n) is 15.5. The molecule has 1 N–H and O–H groups in total. The first-order valence-corrected chi connectivity index (χ1v) is 8.87. The molecule has 1 aliphatic heterocycles. The molecule has 0 saturated carbocycles. The van der Waals surface area contributed by atoms with Crippen LogP contribution in [-0.2, 0) is 4.79 Å². The second-order valence-electron chi connectivity index (χ2n) is 6.82. The highest BCUT2D eigenvalue weighted by Crippen LogP contribution is 2.24. The number of hydrogen-bond donors (Lipinski definition) is 1. The molecule has 2 rings (SSSR count). The second-order valence-corrected chi connectivity index (χ2v) is 6.82. The molecule has 5 nitrogen and oxygen atoms in total. The Hall–Kier alpha value is -2.30. The first kappa shape index (κ1) is 19.0. The van der Waals surface area contributed by atoms with Crippen LogP contribution in [0.4, 0.5) is 0 Å². The topological polar surface area (TPSA) is 58.6 Å². The van der Waals surface area contributed by atoms with Crippen molar-refractivity contribution in [3.8, 4) is 5.75 Å². The second kappa shape index (κ2) is 8.70. The molecule has 1 heterocycles. The summed E-state index contributed by atoms with van der Waals surface area (Å²) in [4.78, 5) is 27.1. The van der Waals surface area contributed by atoms with Crippen molar-refractivity contribution in [1.82, 2.24) is 10.2 Å². The number of nitrogens with one attached hydrogen (secondary N) is 1. The number of para-hydroxylation sites is 1. The predicted molar refractivity (Wildman–Crippen MR) is 98.6 cm³/mol. The Bertz CT molecular complexity index is 640.